The summed E-state index contributed by atoms with van der Waals surface area (Å²) in [4.78, 5) is 87.9. The molecule has 10 aromatic rings. The van der Waals surface area contributed by atoms with Crippen molar-refractivity contribution in [1.82, 2.24) is 44.7 Å². The predicted molar refractivity (Wildman–Crippen MR) is 400 cm³/mol. The molecule has 0 spiro atoms. The monoisotopic (exact) mass is 1730 g/mol. The summed E-state index contributed by atoms with van der Waals surface area (Å²) >= 11 is 2.96. The molecule has 5 atom stereocenters. The van der Waals surface area contributed by atoms with Crippen LogP contribution in [0.3, 0.4) is 0 Å². The van der Waals surface area contributed by atoms with Gasteiger partial charge in [0.1, 0.15) is 95.6 Å². The highest BCUT2D eigenvalue weighted by atomic mass is 32.1. The summed E-state index contributed by atoms with van der Waals surface area (Å²) in [7, 11) is 0. The number of hydrogen-bond acceptors (Lipinski definition) is 23. The quantitative estimate of drug-likeness (QED) is 0.0393. The summed E-state index contributed by atoms with van der Waals surface area (Å²) in [5, 5.41) is 5.34. The molecule has 5 aliphatic heterocycles. The minimum Gasteiger partial charge on any atom is -0.472 e. The Morgan fingerprint density at radius 1 is 0.417 bits per heavy atom. The number of pyridine rings is 5. The first-order valence-corrected chi connectivity index (χ1v) is 37.8. The number of carbonyl (C=O) groups excluding carboxylic acids is 5. The number of amides is 5. The second-order valence-electron chi connectivity index (χ2n) is 26.7. The minimum atomic E-state index is -2.93. The van der Waals surface area contributed by atoms with E-state index in [2.05, 4.69) is 54.2 Å². The van der Waals surface area contributed by atoms with E-state index >= 15 is 0 Å². The van der Waals surface area contributed by atoms with E-state index in [9.17, 15) is 85.4 Å². The Bertz CT molecular complexity index is 5160. The molecule has 0 radical (unpaired) electrons. The van der Waals surface area contributed by atoms with Crippen LogP contribution < -0.4 is 52.4 Å². The smallest absolute Gasteiger partial charge is 0.345 e. The number of nitrogens with two attached hydrogens (primary N) is 5. The van der Waals surface area contributed by atoms with Gasteiger partial charge in [-0.3, -0.25) is 24.0 Å². The number of alkyl halides is 10. The molecule has 636 valence electrons. The third-order valence-electron chi connectivity index (χ3n) is 18.6. The van der Waals surface area contributed by atoms with E-state index in [0.717, 1.165) is 72.5 Å². The number of carbonyl (C=O) groups is 5. The molecule has 13 heterocycles. The lowest BCUT2D eigenvalue weighted by molar-refractivity contribution is -0.146. The Kier molecular flexibility index (Phi) is 29.3. The lowest BCUT2D eigenvalue weighted by atomic mass is 9.94. The zero-order chi connectivity index (χ0) is 86.5. The maximum Gasteiger partial charge on any atom is 0.345 e. The molecular weight excluding hydrogens is 1660 g/mol. The molecule has 0 saturated heterocycles. The van der Waals surface area contributed by atoms with E-state index in [1.165, 1.54) is 59.2 Å². The van der Waals surface area contributed by atoms with Crippen LogP contribution in [0.2, 0.25) is 0 Å². The van der Waals surface area contributed by atoms with Gasteiger partial charge in [0, 0.05) is 86.4 Å². The molecule has 8 aromatic heterocycles. The van der Waals surface area contributed by atoms with E-state index < -0.39 is 123 Å². The minimum absolute atomic E-state index is 0.0372. The van der Waals surface area contributed by atoms with Gasteiger partial charge >= 0.3 is 26.4 Å². The molecule has 0 aliphatic carbocycles. The fourth-order valence-electron chi connectivity index (χ4n) is 12.9. The van der Waals surface area contributed by atoms with Gasteiger partial charge in [0.15, 0.2) is 0 Å². The molecule has 15 rings (SSSR count). The van der Waals surface area contributed by atoms with E-state index in [-0.39, 0.29) is 88.8 Å². The number of halogens is 14. The third kappa shape index (κ3) is 22.2. The number of aromatic nitrogens is 9. The maximum atomic E-state index is 14.1. The topological polar surface area (TPSA) is 397 Å². The van der Waals surface area contributed by atoms with Crippen LogP contribution in [0, 0.1) is 37.1 Å². The fraction of sp³-hybridized carbons (Fsp3) is 0.338. The van der Waals surface area contributed by atoms with Gasteiger partial charge in [-0.05, 0) is 149 Å². The largest absolute Gasteiger partial charge is 0.472 e. The maximum absolute atomic E-state index is 14.1. The first kappa shape index (κ1) is 88.7. The summed E-state index contributed by atoms with van der Waals surface area (Å²) in [5.41, 5.74) is 32.7. The SMILES string of the molecule is Cc1ncc(-c2cc(C(N)=O)nc3c2CC[C@@H](COC(F)F)O3)s1.Cc1ncc(-c2cc(C(N)=O)nc3c2CC[C@H](COC(F)F)O3)s1.NC(=O)c1cc(-c2ccc(F)cc2F)c2c(n1)O[C@@H](CF)CC2.NC(=O)c1cc(-c2ccc(F)cc2F)c2c(n1)O[C@H](CF)CC2.NC(=O)c1cc(-c2cnn(C(F)F)c2)c2c(n1)O[C@H](COC(F)F)CC2. The van der Waals surface area contributed by atoms with Crippen molar-refractivity contribution in [3.63, 3.8) is 0 Å². The summed E-state index contributed by atoms with van der Waals surface area (Å²) in [6.07, 6.45) is 7.20. The standard InChI is InChI=1S/2C16H13F3N2O2.C15H14F4N4O3.2C15H15F2N3O3S/c2*17-7-9-2-4-11-12(10-3-1-8(18)5-13(10)19)6-14(15(20)22)21-16(11)23-9;16-14(17)23-5-7(4-21-23)10-3-11(12(20)24)22-13-9(10)2-1-8(26-13)6-25-15(18)19;2*1-7-19-5-12(24-7)10-4-11(13(18)21)20-14-9(10)3-2-8(23-14)6-22-15(16)17/h2*1,3,5-6,9H,2,4,7H2,(H2,20,22);3-5,8,14-15H,1-2,6H2,(H2,20,24);2*4-5,8,15H,2-3,6H2,1H3,(H2,18,21)/t2*9-;3*8-/m10010/s1. The summed E-state index contributed by atoms with van der Waals surface area (Å²) < 4.78 is 220. The molecule has 120 heavy (non-hydrogen) atoms. The van der Waals surface area contributed by atoms with Gasteiger partial charge in [-0.2, -0.15) is 40.2 Å². The molecule has 27 nitrogen and oxygen atoms in total. The van der Waals surface area contributed by atoms with Crippen molar-refractivity contribution >= 4 is 52.2 Å². The van der Waals surface area contributed by atoms with Crippen LogP contribution in [0.15, 0.2) is 91.5 Å². The lowest BCUT2D eigenvalue weighted by Gasteiger charge is -2.26. The summed E-state index contributed by atoms with van der Waals surface area (Å²) in [6.45, 7) is -9.90. The predicted octanol–water partition coefficient (Wildman–Crippen LogP) is 13.0. The zero-order valence-electron chi connectivity index (χ0n) is 62.8. The Morgan fingerprint density at radius 3 is 0.983 bits per heavy atom. The van der Waals surface area contributed by atoms with Gasteiger partial charge in [-0.25, -0.2) is 65.9 Å². The Labute approximate surface area is 678 Å². The van der Waals surface area contributed by atoms with Crippen molar-refractivity contribution in [2.24, 2.45) is 28.7 Å². The van der Waals surface area contributed by atoms with E-state index in [1.54, 1.807) is 24.5 Å². The summed E-state index contributed by atoms with van der Waals surface area (Å²) in [6, 6.07) is 13.6. The van der Waals surface area contributed by atoms with Gasteiger partial charge in [-0.1, -0.05) is 0 Å². The average Bonchev–Trinajstić information content (AvgIpc) is 1.01. The van der Waals surface area contributed by atoms with Crippen molar-refractivity contribution in [2.45, 2.75) is 135 Å². The lowest BCUT2D eigenvalue weighted by Crippen LogP contribution is -2.30. The molecule has 2 aromatic carbocycles. The number of fused-ring (bicyclic) bond motifs is 5. The molecule has 5 amide bonds. The third-order valence-corrected chi connectivity index (χ3v) is 20.5. The average molecular weight is 1730 g/mol. The van der Waals surface area contributed by atoms with Crippen molar-refractivity contribution in [3.05, 3.63) is 181 Å². The van der Waals surface area contributed by atoms with Gasteiger partial charge in [0.05, 0.1) is 45.8 Å². The first-order chi connectivity index (χ1) is 57.2. The van der Waals surface area contributed by atoms with Crippen molar-refractivity contribution in [2.75, 3.05) is 33.2 Å². The Balaban J connectivity index is 0.000000147. The van der Waals surface area contributed by atoms with E-state index in [0.29, 0.717) is 108 Å². The summed E-state index contributed by atoms with van der Waals surface area (Å²) in [5.74, 6) is -6.18. The van der Waals surface area contributed by atoms with Crippen molar-refractivity contribution < 1.29 is 123 Å². The second-order valence-corrected chi connectivity index (χ2v) is 29.2. The van der Waals surface area contributed by atoms with Gasteiger partial charge in [-0.15, -0.1) is 22.7 Å². The molecule has 0 bridgehead atoms. The number of benzene rings is 2. The van der Waals surface area contributed by atoms with Gasteiger partial charge < -0.3 is 66.6 Å². The number of nitrogens with zero attached hydrogens (tertiary/aromatic N) is 9. The van der Waals surface area contributed by atoms with Crippen LogP contribution in [-0.4, -0.2) is 158 Å². The number of aryl methyl sites for hydroxylation is 2. The second kappa shape index (κ2) is 39.6. The van der Waals surface area contributed by atoms with E-state index in [4.69, 9.17) is 52.4 Å². The molecule has 0 fully saturated rings. The van der Waals surface area contributed by atoms with Gasteiger partial charge in [0.2, 0.25) is 29.4 Å². The van der Waals surface area contributed by atoms with Crippen LogP contribution >= 0.6 is 22.7 Å². The first-order valence-electron chi connectivity index (χ1n) is 36.1. The van der Waals surface area contributed by atoms with Crippen molar-refractivity contribution in [1.29, 1.82) is 0 Å². The van der Waals surface area contributed by atoms with E-state index in [1.807, 2.05) is 13.8 Å². The normalized spacial score (nSPS) is 16.6. The molecule has 43 heteroatoms. The molecule has 0 saturated carbocycles. The molecular formula is C77H70F14N14O13S2. The Hall–Kier alpha value is -12.1. The number of primary amides is 5. The Morgan fingerprint density at radius 2 is 0.708 bits per heavy atom. The van der Waals surface area contributed by atoms with Crippen molar-refractivity contribution in [3.8, 4) is 83.7 Å². The van der Waals surface area contributed by atoms with Crippen LogP contribution in [0.25, 0.3) is 54.3 Å². The molecule has 10 N–H and O–H groups in total. The molecule has 0 unspecified atom stereocenters. The van der Waals surface area contributed by atoms with Gasteiger partial charge in [0.25, 0.3) is 29.5 Å². The van der Waals surface area contributed by atoms with Crippen LogP contribution in [-0.2, 0) is 46.3 Å². The molecule has 5 aliphatic rings. The fourth-order valence-corrected chi connectivity index (χ4v) is 14.6. The highest BCUT2D eigenvalue weighted by Gasteiger charge is 2.34. The van der Waals surface area contributed by atoms with Crippen LogP contribution in [0.1, 0.15) is 129 Å². The highest BCUT2D eigenvalue weighted by Crippen LogP contribution is 2.43. The number of hydrogen-bond donors (Lipinski definition) is 5. The zero-order valence-corrected chi connectivity index (χ0v) is 64.4. The highest BCUT2D eigenvalue weighted by molar-refractivity contribution is 7.15. The number of ether oxygens (including phenoxy) is 8. The van der Waals surface area contributed by atoms with Crippen LogP contribution in [0.5, 0.6) is 29.4 Å². The number of thiazole rings is 2. The number of rotatable bonds is 22. The van der Waals surface area contributed by atoms with Crippen LogP contribution in [0.4, 0.5) is 61.5 Å².